The summed E-state index contributed by atoms with van der Waals surface area (Å²) >= 11 is 0. The molecule has 3 saturated heterocycles. The van der Waals surface area contributed by atoms with Crippen molar-refractivity contribution in [1.29, 1.82) is 0 Å². The average Bonchev–Trinajstić information content (AvgIpc) is 3.31. The molecule has 9 rings (SSSR count). The lowest BCUT2D eigenvalue weighted by Gasteiger charge is -2.43. The molecule has 326 valence electrons. The van der Waals surface area contributed by atoms with Crippen LogP contribution in [-0.2, 0) is 26.3 Å². The first-order valence-corrected chi connectivity index (χ1v) is 22.2. The number of esters is 1. The van der Waals surface area contributed by atoms with Crippen LogP contribution in [0.2, 0.25) is 0 Å². The molecular formula is C50H58N4O8. The Morgan fingerprint density at radius 2 is 1.60 bits per heavy atom. The van der Waals surface area contributed by atoms with Gasteiger partial charge in [-0.15, -0.1) is 0 Å². The zero-order valence-electron chi connectivity index (χ0n) is 35.2. The van der Waals surface area contributed by atoms with Crippen LogP contribution in [0.5, 0.6) is 11.5 Å². The fourth-order valence-corrected chi connectivity index (χ4v) is 9.50. The number of phenols is 1. The van der Waals surface area contributed by atoms with Gasteiger partial charge in [0, 0.05) is 24.5 Å². The summed E-state index contributed by atoms with van der Waals surface area (Å²) < 4.78 is 18.1. The van der Waals surface area contributed by atoms with Gasteiger partial charge in [0.2, 0.25) is 5.56 Å². The number of aliphatic hydroxyl groups excluding tert-OH is 1. The Morgan fingerprint density at radius 1 is 0.855 bits per heavy atom. The maximum Gasteiger partial charge on any atom is 0.408 e. The normalized spacial score (nSPS) is 20.2. The van der Waals surface area contributed by atoms with Crippen molar-refractivity contribution in [2.45, 2.75) is 88.1 Å². The predicted octanol–water partition coefficient (Wildman–Crippen LogP) is 7.57. The summed E-state index contributed by atoms with van der Waals surface area (Å²) in [5, 5.41) is 28.0. The Bertz CT molecular complexity index is 2320. The highest BCUT2D eigenvalue weighted by atomic mass is 16.6. The minimum Gasteiger partial charge on any atom is -0.506 e. The van der Waals surface area contributed by atoms with Crippen molar-refractivity contribution in [2.24, 2.45) is 5.92 Å². The van der Waals surface area contributed by atoms with E-state index in [-0.39, 0.29) is 29.4 Å². The number of phenolic OH excluding ortho intramolecular Hbond substituents is 1. The average molecular weight is 843 g/mol. The van der Waals surface area contributed by atoms with E-state index in [4.69, 9.17) is 14.2 Å². The van der Waals surface area contributed by atoms with Gasteiger partial charge in [0.15, 0.2) is 0 Å². The highest BCUT2D eigenvalue weighted by Crippen LogP contribution is 2.41. The molecule has 0 radical (unpaired) electrons. The Labute approximate surface area is 362 Å². The number of H-pyrrole nitrogens is 1. The van der Waals surface area contributed by atoms with Gasteiger partial charge in [-0.3, -0.25) is 14.5 Å². The van der Waals surface area contributed by atoms with Gasteiger partial charge in [0.05, 0.1) is 29.7 Å². The number of alkyl carbamates (subject to hydrolysis) is 1. The van der Waals surface area contributed by atoms with E-state index in [0.717, 1.165) is 93.3 Å². The number of pyridine rings is 1. The molecule has 1 amide bonds. The number of hydrogen-bond donors (Lipinski definition) is 5. The van der Waals surface area contributed by atoms with Gasteiger partial charge < -0.3 is 40.0 Å². The van der Waals surface area contributed by atoms with E-state index < -0.39 is 17.6 Å². The summed E-state index contributed by atoms with van der Waals surface area (Å²) in [7, 11) is 0. The van der Waals surface area contributed by atoms with Gasteiger partial charge in [-0.1, -0.05) is 92.1 Å². The lowest BCUT2D eigenvalue weighted by Crippen LogP contribution is -2.52. The van der Waals surface area contributed by atoms with Gasteiger partial charge in [0.1, 0.15) is 24.2 Å². The molecule has 3 atom stereocenters. The largest absolute Gasteiger partial charge is 0.506 e. The molecule has 1 aromatic heterocycles. The van der Waals surface area contributed by atoms with Crippen LogP contribution in [0.4, 0.5) is 4.79 Å². The zero-order valence-corrected chi connectivity index (χ0v) is 35.2. The maximum absolute atomic E-state index is 13.8. The molecule has 1 saturated carbocycles. The van der Waals surface area contributed by atoms with Crippen molar-refractivity contribution >= 4 is 23.0 Å². The van der Waals surface area contributed by atoms with Crippen molar-refractivity contribution in [3.05, 3.63) is 141 Å². The number of benzene rings is 4. The first kappa shape index (κ1) is 43.0. The summed E-state index contributed by atoms with van der Waals surface area (Å²) in [5.74, 6) is 0.929. The van der Waals surface area contributed by atoms with Crippen LogP contribution < -0.4 is 20.9 Å². The smallest absolute Gasteiger partial charge is 0.408 e. The van der Waals surface area contributed by atoms with Crippen LogP contribution in [-0.4, -0.2) is 77.6 Å². The van der Waals surface area contributed by atoms with Crippen molar-refractivity contribution < 1.29 is 34.0 Å². The maximum atomic E-state index is 13.8. The number of piperidine rings is 3. The number of nitrogens with one attached hydrogen (secondary N) is 3. The number of aromatic amines is 1. The first-order valence-electron chi connectivity index (χ1n) is 22.2. The monoisotopic (exact) mass is 842 g/mol. The summed E-state index contributed by atoms with van der Waals surface area (Å²) in [6, 6.07) is 31.6. The molecule has 4 aliphatic rings. The van der Waals surface area contributed by atoms with Gasteiger partial charge in [-0.2, -0.15) is 0 Å². The van der Waals surface area contributed by atoms with Crippen LogP contribution in [0.15, 0.2) is 108 Å². The molecule has 2 bridgehead atoms. The van der Waals surface area contributed by atoms with E-state index in [1.54, 1.807) is 12.1 Å². The van der Waals surface area contributed by atoms with Crippen LogP contribution in [0.25, 0.3) is 10.9 Å². The number of carbonyl (C=O) groups excluding carboxylic acids is 2. The number of carbonyl (C=O) groups is 2. The van der Waals surface area contributed by atoms with E-state index in [1.807, 2.05) is 78.9 Å². The van der Waals surface area contributed by atoms with Gasteiger partial charge in [-0.25, -0.2) is 4.79 Å². The summed E-state index contributed by atoms with van der Waals surface area (Å²) in [6.45, 7) is 4.58. The van der Waals surface area contributed by atoms with Gasteiger partial charge in [0.25, 0.3) is 0 Å². The molecular weight excluding hydrogens is 785 g/mol. The van der Waals surface area contributed by atoms with Crippen molar-refractivity contribution in [3.63, 3.8) is 0 Å². The molecule has 5 N–H and O–H groups in total. The fourth-order valence-electron chi connectivity index (χ4n) is 9.50. The fraction of sp³-hybridized carbons (Fsp3) is 0.420. The lowest BCUT2D eigenvalue weighted by atomic mass is 9.69. The molecule has 4 heterocycles. The number of nitrogens with zero attached hydrogens (tertiary/aromatic N) is 1. The number of fused-ring (bicyclic) bond motifs is 4. The molecule has 12 heteroatoms. The van der Waals surface area contributed by atoms with E-state index in [9.17, 15) is 24.6 Å². The summed E-state index contributed by atoms with van der Waals surface area (Å²) in [5.41, 5.74) is 3.78. The molecule has 1 aliphatic carbocycles. The minimum atomic E-state index is -0.835. The number of aromatic hydroxyl groups is 1. The summed E-state index contributed by atoms with van der Waals surface area (Å²) in [6.07, 6.45) is 6.83. The van der Waals surface area contributed by atoms with E-state index in [1.165, 1.54) is 12.1 Å². The lowest BCUT2D eigenvalue weighted by molar-refractivity contribution is -0.152. The van der Waals surface area contributed by atoms with E-state index in [2.05, 4.69) is 20.5 Å². The standard InChI is InChI=1S/C50H58N4O8/c55-42-21-19-40(41-20-22-45(57)52-47(41)42)43(56)31-51-27-7-8-30-60-48(58)50(25-5-2-6-26-50)38-15-11-34(12-16-38)33-61-39-17-13-37(14-18-39)46(36-9-3-1-4-10-36)53-49(59)62-44-32-54-28-23-35(44)24-29-54/h1,3-4,9-22,35,43-44,46,51,55-56H,2,5-8,23-33H2,(H,52,57)(H,53,59)/t43-,44-,46?/m0/s1. The van der Waals surface area contributed by atoms with E-state index >= 15 is 0 Å². The number of aliphatic hydroxyl groups is 1. The molecule has 5 aromatic rings. The molecule has 12 nitrogen and oxygen atoms in total. The minimum absolute atomic E-state index is 0.0457. The van der Waals surface area contributed by atoms with Crippen LogP contribution in [0, 0.1) is 5.92 Å². The second-order valence-electron chi connectivity index (χ2n) is 17.1. The highest BCUT2D eigenvalue weighted by Gasteiger charge is 2.42. The van der Waals surface area contributed by atoms with Crippen molar-refractivity contribution in [2.75, 3.05) is 39.3 Å². The second-order valence-corrected chi connectivity index (χ2v) is 17.1. The van der Waals surface area contributed by atoms with Gasteiger partial charge >= 0.3 is 12.1 Å². The second kappa shape index (κ2) is 20.0. The molecule has 3 aliphatic heterocycles. The predicted molar refractivity (Wildman–Crippen MR) is 237 cm³/mol. The van der Waals surface area contributed by atoms with E-state index in [0.29, 0.717) is 60.9 Å². The van der Waals surface area contributed by atoms with Gasteiger partial charge in [-0.05, 0) is 116 Å². The molecule has 4 fully saturated rings. The Balaban J connectivity index is 0.807. The highest BCUT2D eigenvalue weighted by molar-refractivity contribution is 5.87. The van der Waals surface area contributed by atoms with Crippen molar-refractivity contribution in [3.8, 4) is 11.5 Å². The molecule has 1 unspecified atom stereocenters. The summed E-state index contributed by atoms with van der Waals surface area (Å²) in [4.78, 5) is 43.7. The third kappa shape index (κ3) is 10.2. The SMILES string of the molecule is O=C(NC(c1ccccc1)c1ccc(OCc2ccc(C3(C(=O)OCCCCNC[C@H](O)c4ccc(O)c5[nH]c(=O)ccc45)CCCCC3)cc2)cc1)O[C@H]1CN2CCC1CC2. The number of rotatable bonds is 17. The number of unbranched alkanes of at least 4 members (excludes halogenated alkanes) is 1. The Hall–Kier alpha value is -5.69. The number of amides is 1. The first-order chi connectivity index (χ1) is 30.3. The Morgan fingerprint density at radius 3 is 2.32 bits per heavy atom. The quantitative estimate of drug-likeness (QED) is 0.0467. The van der Waals surface area contributed by atoms with Crippen LogP contribution in [0.3, 0.4) is 0 Å². The Kier molecular flexibility index (Phi) is 13.9. The number of ether oxygens (including phenoxy) is 3. The molecule has 62 heavy (non-hydrogen) atoms. The third-order valence-electron chi connectivity index (χ3n) is 13.1. The number of hydrogen-bond acceptors (Lipinski definition) is 10. The van der Waals surface area contributed by atoms with Crippen LogP contribution >= 0.6 is 0 Å². The zero-order chi connectivity index (χ0) is 42.9. The van der Waals surface area contributed by atoms with Crippen LogP contribution in [0.1, 0.15) is 97.8 Å². The molecule has 0 spiro atoms. The van der Waals surface area contributed by atoms with Crippen molar-refractivity contribution in [1.82, 2.24) is 20.5 Å². The topological polar surface area (TPSA) is 162 Å². The number of aromatic nitrogens is 1. The molecule has 4 aromatic carbocycles. The third-order valence-corrected chi connectivity index (χ3v) is 13.1.